The molecule has 3 rings (SSSR count). The molecule has 0 aromatic carbocycles. The van der Waals surface area contributed by atoms with Crippen molar-refractivity contribution in [2.24, 2.45) is 5.41 Å². The van der Waals surface area contributed by atoms with E-state index in [1.807, 2.05) is 12.4 Å². The van der Waals surface area contributed by atoms with Crippen LogP contribution in [0, 0.1) is 5.41 Å². The number of aromatic nitrogens is 2. The van der Waals surface area contributed by atoms with E-state index in [1.54, 1.807) is 0 Å². The van der Waals surface area contributed by atoms with Crippen molar-refractivity contribution in [3.8, 4) is 0 Å². The summed E-state index contributed by atoms with van der Waals surface area (Å²) in [7, 11) is 0. The Labute approximate surface area is 116 Å². The van der Waals surface area contributed by atoms with Crippen molar-refractivity contribution >= 4 is 0 Å². The minimum Gasteiger partial charge on any atom is -0.389 e. The van der Waals surface area contributed by atoms with Crippen molar-refractivity contribution in [3.63, 3.8) is 0 Å². The van der Waals surface area contributed by atoms with Gasteiger partial charge in [-0.3, -0.25) is 0 Å². The second-order valence-corrected chi connectivity index (χ2v) is 6.74. The summed E-state index contributed by atoms with van der Waals surface area (Å²) >= 11 is 0. The first-order valence-corrected chi connectivity index (χ1v) is 7.87. The standard InChI is InChI=1S/C16H26N2O/c1-2-18-12-11-17-14(18)13-16(19)9-7-15(8-10-16)5-3-4-6-15/h11-12,19H,2-10,13H2,1H3. The third-order valence-electron chi connectivity index (χ3n) is 5.54. The van der Waals surface area contributed by atoms with Crippen molar-refractivity contribution in [1.29, 1.82) is 0 Å². The van der Waals surface area contributed by atoms with Crippen LogP contribution in [-0.2, 0) is 13.0 Å². The van der Waals surface area contributed by atoms with E-state index in [0.717, 1.165) is 31.6 Å². The summed E-state index contributed by atoms with van der Waals surface area (Å²) in [5.41, 5.74) is 0.0819. The molecule has 0 saturated heterocycles. The molecule has 2 fully saturated rings. The fourth-order valence-electron chi connectivity index (χ4n) is 4.14. The van der Waals surface area contributed by atoms with E-state index in [4.69, 9.17) is 0 Å². The van der Waals surface area contributed by atoms with Crippen LogP contribution in [0.3, 0.4) is 0 Å². The average molecular weight is 262 g/mol. The molecule has 0 bridgehead atoms. The molecule has 0 radical (unpaired) electrons. The van der Waals surface area contributed by atoms with Gasteiger partial charge in [0.05, 0.1) is 5.60 Å². The van der Waals surface area contributed by atoms with E-state index >= 15 is 0 Å². The van der Waals surface area contributed by atoms with E-state index in [9.17, 15) is 5.11 Å². The van der Waals surface area contributed by atoms with Gasteiger partial charge in [0.1, 0.15) is 5.82 Å². The molecule has 0 aliphatic heterocycles. The molecular formula is C16H26N2O. The Kier molecular flexibility index (Phi) is 3.42. The zero-order valence-electron chi connectivity index (χ0n) is 12.1. The Bertz CT molecular complexity index is 422. The second-order valence-electron chi connectivity index (χ2n) is 6.74. The number of imidazole rings is 1. The Hall–Kier alpha value is -0.830. The van der Waals surface area contributed by atoms with Crippen LogP contribution in [0.5, 0.6) is 0 Å². The lowest BCUT2D eigenvalue weighted by Gasteiger charge is -2.42. The molecule has 0 atom stereocenters. The number of hydrogen-bond acceptors (Lipinski definition) is 2. The fraction of sp³-hybridized carbons (Fsp3) is 0.812. The highest BCUT2D eigenvalue weighted by Gasteiger charge is 2.43. The normalized spacial score (nSPS) is 24.9. The second kappa shape index (κ2) is 4.93. The number of nitrogens with zero attached hydrogens (tertiary/aromatic N) is 2. The number of aliphatic hydroxyl groups is 1. The zero-order valence-corrected chi connectivity index (χ0v) is 12.1. The Morgan fingerprint density at radius 3 is 2.47 bits per heavy atom. The van der Waals surface area contributed by atoms with Gasteiger partial charge in [0.25, 0.3) is 0 Å². The van der Waals surface area contributed by atoms with Crippen LogP contribution in [0.2, 0.25) is 0 Å². The summed E-state index contributed by atoms with van der Waals surface area (Å²) in [5.74, 6) is 1.05. The topological polar surface area (TPSA) is 38.0 Å². The van der Waals surface area contributed by atoms with Gasteiger partial charge in [0.2, 0.25) is 0 Å². The third kappa shape index (κ3) is 2.58. The summed E-state index contributed by atoms with van der Waals surface area (Å²) in [5, 5.41) is 10.9. The van der Waals surface area contributed by atoms with Crippen molar-refractivity contribution < 1.29 is 5.11 Å². The molecule has 2 saturated carbocycles. The first-order valence-electron chi connectivity index (χ1n) is 7.87. The molecule has 2 aliphatic rings. The largest absolute Gasteiger partial charge is 0.389 e. The predicted octanol–water partition coefficient (Wildman–Crippen LogP) is 3.31. The maximum absolute atomic E-state index is 10.9. The number of hydrogen-bond donors (Lipinski definition) is 1. The maximum Gasteiger partial charge on any atom is 0.111 e. The minimum absolute atomic E-state index is 0.508. The Balaban J connectivity index is 1.65. The highest BCUT2D eigenvalue weighted by atomic mass is 16.3. The minimum atomic E-state index is -0.508. The summed E-state index contributed by atoms with van der Waals surface area (Å²) in [6.45, 7) is 3.07. The molecular weight excluding hydrogens is 236 g/mol. The highest BCUT2D eigenvalue weighted by Crippen LogP contribution is 2.51. The van der Waals surface area contributed by atoms with Crippen LogP contribution in [0.25, 0.3) is 0 Å². The summed E-state index contributed by atoms with van der Waals surface area (Å²) in [6.07, 6.45) is 14.5. The molecule has 106 valence electrons. The molecule has 2 aliphatic carbocycles. The smallest absolute Gasteiger partial charge is 0.111 e. The summed E-state index contributed by atoms with van der Waals surface area (Å²) < 4.78 is 2.15. The van der Waals surface area contributed by atoms with Crippen LogP contribution in [0.15, 0.2) is 12.4 Å². The lowest BCUT2D eigenvalue weighted by molar-refractivity contribution is -0.0340. The molecule has 3 heteroatoms. The van der Waals surface area contributed by atoms with Gasteiger partial charge in [0.15, 0.2) is 0 Å². The number of aryl methyl sites for hydroxylation is 1. The van der Waals surface area contributed by atoms with Crippen LogP contribution in [0.4, 0.5) is 0 Å². The van der Waals surface area contributed by atoms with E-state index < -0.39 is 5.60 Å². The SMILES string of the molecule is CCn1ccnc1CC1(O)CCC2(CCCC2)CC1. The molecule has 0 amide bonds. The fourth-order valence-corrected chi connectivity index (χ4v) is 4.14. The lowest BCUT2D eigenvalue weighted by Crippen LogP contribution is -2.40. The van der Waals surface area contributed by atoms with Gasteiger partial charge in [-0.05, 0) is 50.9 Å². The van der Waals surface area contributed by atoms with Gasteiger partial charge in [-0.2, -0.15) is 0 Å². The Morgan fingerprint density at radius 1 is 1.16 bits per heavy atom. The summed E-state index contributed by atoms with van der Waals surface area (Å²) in [4.78, 5) is 4.42. The van der Waals surface area contributed by atoms with Crippen LogP contribution in [0.1, 0.15) is 64.1 Å². The van der Waals surface area contributed by atoms with Crippen molar-refractivity contribution in [2.75, 3.05) is 0 Å². The van der Waals surface area contributed by atoms with Gasteiger partial charge < -0.3 is 9.67 Å². The summed E-state index contributed by atoms with van der Waals surface area (Å²) in [6, 6.07) is 0. The van der Waals surface area contributed by atoms with Gasteiger partial charge in [-0.1, -0.05) is 12.8 Å². The molecule has 1 heterocycles. The van der Waals surface area contributed by atoms with Gasteiger partial charge in [-0.25, -0.2) is 4.98 Å². The monoisotopic (exact) mass is 262 g/mol. The van der Waals surface area contributed by atoms with E-state index in [0.29, 0.717) is 5.41 Å². The highest BCUT2D eigenvalue weighted by molar-refractivity contribution is 5.03. The molecule has 3 nitrogen and oxygen atoms in total. The van der Waals surface area contributed by atoms with Crippen molar-refractivity contribution in [3.05, 3.63) is 18.2 Å². The quantitative estimate of drug-likeness (QED) is 0.907. The van der Waals surface area contributed by atoms with Gasteiger partial charge in [-0.15, -0.1) is 0 Å². The van der Waals surface area contributed by atoms with E-state index in [2.05, 4.69) is 16.5 Å². The molecule has 1 aromatic rings. The van der Waals surface area contributed by atoms with E-state index in [1.165, 1.54) is 38.5 Å². The average Bonchev–Trinajstić information content (AvgIpc) is 3.03. The number of rotatable bonds is 3. The Morgan fingerprint density at radius 2 is 1.84 bits per heavy atom. The third-order valence-corrected chi connectivity index (χ3v) is 5.54. The lowest BCUT2D eigenvalue weighted by atomic mass is 9.67. The molecule has 1 aromatic heterocycles. The molecule has 19 heavy (non-hydrogen) atoms. The first-order chi connectivity index (χ1) is 9.15. The molecule has 1 N–H and O–H groups in total. The van der Waals surface area contributed by atoms with E-state index in [-0.39, 0.29) is 0 Å². The maximum atomic E-state index is 10.9. The zero-order chi connectivity index (χ0) is 13.3. The van der Waals surface area contributed by atoms with Crippen LogP contribution >= 0.6 is 0 Å². The molecule has 1 spiro atoms. The van der Waals surface area contributed by atoms with Crippen LogP contribution < -0.4 is 0 Å². The van der Waals surface area contributed by atoms with Gasteiger partial charge >= 0.3 is 0 Å². The first kappa shape index (κ1) is 13.2. The van der Waals surface area contributed by atoms with Crippen molar-refractivity contribution in [2.45, 2.75) is 76.9 Å². The predicted molar refractivity (Wildman–Crippen MR) is 75.9 cm³/mol. The van der Waals surface area contributed by atoms with Crippen molar-refractivity contribution in [1.82, 2.24) is 9.55 Å². The molecule has 0 unspecified atom stereocenters. The van der Waals surface area contributed by atoms with Crippen LogP contribution in [-0.4, -0.2) is 20.3 Å². The van der Waals surface area contributed by atoms with Gasteiger partial charge in [0, 0.05) is 25.4 Å².